The maximum absolute atomic E-state index is 12.7. The molecule has 0 unspecified atom stereocenters. The summed E-state index contributed by atoms with van der Waals surface area (Å²) in [6.45, 7) is 4.73. The van der Waals surface area contributed by atoms with Crippen LogP contribution in [0.4, 0.5) is 16.2 Å². The van der Waals surface area contributed by atoms with Gasteiger partial charge in [0.25, 0.3) is 0 Å². The summed E-state index contributed by atoms with van der Waals surface area (Å²) in [5, 5.41) is 19.7. The van der Waals surface area contributed by atoms with Gasteiger partial charge >= 0.3 is 6.09 Å². The fourth-order valence-electron chi connectivity index (χ4n) is 6.62. The lowest BCUT2D eigenvalue weighted by atomic mass is 10.0. The number of anilines is 2. The molecule has 1 aliphatic heterocycles. The number of ether oxygens (including phenoxy) is 2. The first-order chi connectivity index (χ1) is 25.6. The molecule has 52 heavy (non-hydrogen) atoms. The van der Waals surface area contributed by atoms with E-state index < -0.39 is 6.10 Å². The first kappa shape index (κ1) is 38.5. The van der Waals surface area contributed by atoms with Crippen molar-refractivity contribution in [1.29, 1.82) is 0 Å². The molecule has 0 aromatic heterocycles. The molecule has 0 radical (unpaired) electrons. The van der Waals surface area contributed by atoms with Crippen LogP contribution in [-0.2, 0) is 16.1 Å². The van der Waals surface area contributed by atoms with Crippen LogP contribution in [0.15, 0.2) is 103 Å². The van der Waals surface area contributed by atoms with E-state index in [0.29, 0.717) is 31.0 Å². The van der Waals surface area contributed by atoms with E-state index in [1.54, 1.807) is 12.1 Å². The van der Waals surface area contributed by atoms with Gasteiger partial charge in [0.2, 0.25) is 6.41 Å². The maximum Gasteiger partial charge on any atom is 0.411 e. The SMILES string of the molecule is O=CNc1cc([C@@H](O)CNCCCCCCCCCN2CCC(OC(=O)Nc3ccccc3-c3ccccc3)CC2)ccc1OCc1ccccc1. The monoisotopic (exact) mass is 706 g/mol. The molecule has 1 saturated heterocycles. The Bertz CT molecular complexity index is 1630. The van der Waals surface area contributed by atoms with Gasteiger partial charge in [-0.2, -0.15) is 0 Å². The Kier molecular flexibility index (Phi) is 16.0. The van der Waals surface area contributed by atoms with Crippen LogP contribution >= 0.6 is 0 Å². The average Bonchev–Trinajstić information content (AvgIpc) is 3.18. The number of para-hydroxylation sites is 1. The lowest BCUT2D eigenvalue weighted by molar-refractivity contribution is -0.105. The first-order valence-electron chi connectivity index (χ1n) is 18.8. The highest BCUT2D eigenvalue weighted by atomic mass is 16.6. The maximum atomic E-state index is 12.7. The summed E-state index contributed by atoms with van der Waals surface area (Å²) in [4.78, 5) is 26.4. The van der Waals surface area contributed by atoms with Crippen molar-refractivity contribution in [2.45, 2.75) is 76.6 Å². The van der Waals surface area contributed by atoms with E-state index in [2.05, 4.69) is 20.9 Å². The smallest absolute Gasteiger partial charge is 0.411 e. The molecule has 5 rings (SSSR count). The summed E-state index contributed by atoms with van der Waals surface area (Å²) in [7, 11) is 0. The van der Waals surface area contributed by atoms with Crippen LogP contribution in [0, 0.1) is 0 Å². The van der Waals surface area contributed by atoms with Crippen LogP contribution in [0.2, 0.25) is 0 Å². The van der Waals surface area contributed by atoms with Crippen LogP contribution < -0.4 is 20.7 Å². The van der Waals surface area contributed by atoms with Gasteiger partial charge in [0.1, 0.15) is 18.5 Å². The summed E-state index contributed by atoms with van der Waals surface area (Å²) < 4.78 is 11.7. The molecular formula is C43H54N4O5. The molecular weight excluding hydrogens is 652 g/mol. The molecule has 276 valence electrons. The number of nitrogens with zero attached hydrogens (tertiary/aromatic N) is 1. The van der Waals surface area contributed by atoms with Crippen molar-refractivity contribution in [3.8, 4) is 16.9 Å². The van der Waals surface area contributed by atoms with Gasteiger partial charge in [-0.05, 0) is 73.7 Å². The molecule has 9 nitrogen and oxygen atoms in total. The standard InChI is InChI=1S/C43H54N4O5/c48-33-45-40-30-36(22-23-42(40)51-32-34-16-8-6-9-17-34)41(49)31-44-26-14-4-2-1-3-5-15-27-47-28-24-37(25-29-47)52-43(50)46-39-21-13-12-20-38(39)35-18-10-7-11-19-35/h6-13,16-23,30,33,37,41,44,49H,1-5,14-15,24-29,31-32H2,(H,45,48)(H,46,50)/t41-/m0/s1. The van der Waals surface area contributed by atoms with Crippen LogP contribution in [0.5, 0.6) is 5.75 Å². The molecule has 4 aromatic rings. The fourth-order valence-corrected chi connectivity index (χ4v) is 6.62. The highest BCUT2D eigenvalue weighted by Crippen LogP contribution is 2.30. The van der Waals surface area contributed by atoms with Gasteiger partial charge in [-0.25, -0.2) is 4.79 Å². The number of carbonyl (C=O) groups is 2. The second-order valence-corrected chi connectivity index (χ2v) is 13.5. The highest BCUT2D eigenvalue weighted by molar-refractivity contribution is 5.91. The Hall–Kier alpha value is -4.70. The van der Waals surface area contributed by atoms with E-state index in [4.69, 9.17) is 9.47 Å². The third kappa shape index (κ3) is 12.8. The number of benzene rings is 4. The molecule has 1 fully saturated rings. The number of hydrogen-bond acceptors (Lipinski definition) is 7. The summed E-state index contributed by atoms with van der Waals surface area (Å²) in [6, 6.07) is 33.1. The van der Waals surface area contributed by atoms with Crippen molar-refractivity contribution >= 4 is 23.9 Å². The van der Waals surface area contributed by atoms with E-state index in [-0.39, 0.29) is 12.2 Å². The van der Waals surface area contributed by atoms with Gasteiger partial charge in [0, 0.05) is 25.2 Å². The van der Waals surface area contributed by atoms with E-state index in [1.807, 2.05) is 91.0 Å². The lowest BCUT2D eigenvalue weighted by Gasteiger charge is -2.31. The van der Waals surface area contributed by atoms with Crippen molar-refractivity contribution in [3.05, 3.63) is 114 Å². The predicted molar refractivity (Wildman–Crippen MR) is 208 cm³/mol. The number of aliphatic hydroxyl groups excluding tert-OH is 1. The Labute approximate surface area is 308 Å². The van der Waals surface area contributed by atoms with Gasteiger partial charge in [-0.1, -0.05) is 117 Å². The number of amides is 2. The molecule has 0 saturated carbocycles. The van der Waals surface area contributed by atoms with E-state index >= 15 is 0 Å². The number of likely N-dealkylation sites (tertiary alicyclic amines) is 1. The summed E-state index contributed by atoms with van der Waals surface area (Å²) in [6.07, 6.45) is 9.64. The van der Waals surface area contributed by atoms with Gasteiger partial charge in [0.05, 0.1) is 17.5 Å². The number of hydrogen-bond donors (Lipinski definition) is 4. The fraction of sp³-hybridized carbons (Fsp3) is 0.395. The molecule has 0 bridgehead atoms. The summed E-state index contributed by atoms with van der Waals surface area (Å²) >= 11 is 0. The second kappa shape index (κ2) is 21.6. The number of nitrogens with one attached hydrogen (secondary N) is 3. The minimum absolute atomic E-state index is 0.0477. The van der Waals surface area contributed by atoms with Crippen LogP contribution in [0.1, 0.15) is 75.0 Å². The Morgan fingerprint density at radius 2 is 1.48 bits per heavy atom. The summed E-state index contributed by atoms with van der Waals surface area (Å²) in [5.74, 6) is 0.565. The number of unbranched alkanes of at least 4 members (excludes halogenated alkanes) is 6. The van der Waals surface area contributed by atoms with Crippen LogP contribution in [0.25, 0.3) is 11.1 Å². The van der Waals surface area contributed by atoms with E-state index in [1.165, 1.54) is 38.5 Å². The minimum atomic E-state index is -0.679. The molecule has 0 spiro atoms. The van der Waals surface area contributed by atoms with Gasteiger partial charge in [0.15, 0.2) is 0 Å². The van der Waals surface area contributed by atoms with Gasteiger partial charge in [-0.15, -0.1) is 0 Å². The van der Waals surface area contributed by atoms with Crippen LogP contribution in [0.3, 0.4) is 0 Å². The normalized spacial score (nSPS) is 14.0. The van der Waals surface area contributed by atoms with Crippen molar-refractivity contribution in [3.63, 3.8) is 0 Å². The number of rotatable bonds is 21. The molecule has 2 amide bonds. The van der Waals surface area contributed by atoms with E-state index in [0.717, 1.165) is 73.4 Å². The topological polar surface area (TPSA) is 112 Å². The quantitative estimate of drug-likeness (QED) is 0.0508. The largest absolute Gasteiger partial charge is 0.487 e. The first-order valence-corrected chi connectivity index (χ1v) is 18.8. The zero-order valence-corrected chi connectivity index (χ0v) is 30.2. The zero-order chi connectivity index (χ0) is 36.2. The van der Waals surface area contributed by atoms with Crippen molar-refractivity contribution < 1.29 is 24.2 Å². The number of aliphatic hydroxyl groups is 1. The molecule has 1 atom stereocenters. The van der Waals surface area contributed by atoms with Crippen LogP contribution in [-0.4, -0.2) is 61.3 Å². The lowest BCUT2D eigenvalue weighted by Crippen LogP contribution is -2.38. The molecule has 0 aliphatic carbocycles. The Morgan fingerprint density at radius 3 is 2.23 bits per heavy atom. The molecule has 1 aliphatic rings. The Morgan fingerprint density at radius 1 is 0.808 bits per heavy atom. The molecule has 4 aromatic carbocycles. The minimum Gasteiger partial charge on any atom is -0.487 e. The van der Waals surface area contributed by atoms with Crippen molar-refractivity contribution in [2.24, 2.45) is 0 Å². The molecule has 9 heteroatoms. The highest BCUT2D eigenvalue weighted by Gasteiger charge is 2.22. The predicted octanol–water partition coefficient (Wildman–Crippen LogP) is 8.57. The average molecular weight is 707 g/mol. The second-order valence-electron chi connectivity index (χ2n) is 13.5. The van der Waals surface area contributed by atoms with Gasteiger partial charge in [-0.3, -0.25) is 10.1 Å². The number of piperidine rings is 1. The number of carbonyl (C=O) groups excluding carboxylic acids is 2. The summed E-state index contributed by atoms with van der Waals surface area (Å²) in [5.41, 5.74) is 5.11. The van der Waals surface area contributed by atoms with Crippen molar-refractivity contribution in [1.82, 2.24) is 10.2 Å². The third-order valence-electron chi connectivity index (χ3n) is 9.56. The Balaban J connectivity index is 0.865. The molecule has 4 N–H and O–H groups in total. The van der Waals surface area contributed by atoms with Gasteiger partial charge < -0.3 is 30.1 Å². The molecule has 1 heterocycles. The van der Waals surface area contributed by atoms with E-state index in [9.17, 15) is 14.7 Å². The van der Waals surface area contributed by atoms with Crippen molar-refractivity contribution in [2.75, 3.05) is 43.4 Å². The third-order valence-corrected chi connectivity index (χ3v) is 9.56. The zero-order valence-electron chi connectivity index (χ0n) is 30.2.